The molecule has 1 unspecified atom stereocenters. The van der Waals surface area contributed by atoms with Crippen molar-refractivity contribution >= 4 is 6.03 Å². The molecule has 140 valence electrons. The number of amides is 2. The van der Waals surface area contributed by atoms with Crippen molar-refractivity contribution in [2.24, 2.45) is 0 Å². The van der Waals surface area contributed by atoms with Gasteiger partial charge in [-0.2, -0.15) is 0 Å². The van der Waals surface area contributed by atoms with Crippen LogP contribution in [0.4, 0.5) is 4.79 Å². The van der Waals surface area contributed by atoms with E-state index >= 15 is 0 Å². The van der Waals surface area contributed by atoms with E-state index < -0.39 is 0 Å². The number of nitrogens with one attached hydrogen (secondary N) is 1. The average Bonchev–Trinajstić information content (AvgIpc) is 2.98. The molecule has 1 aromatic heterocycles. The van der Waals surface area contributed by atoms with E-state index in [-0.39, 0.29) is 23.2 Å². The Labute approximate surface area is 150 Å². The van der Waals surface area contributed by atoms with Crippen LogP contribution in [0, 0.1) is 0 Å². The lowest BCUT2D eigenvalue weighted by Crippen LogP contribution is -2.47. The van der Waals surface area contributed by atoms with Crippen molar-refractivity contribution in [3.63, 3.8) is 0 Å². The van der Waals surface area contributed by atoms with Gasteiger partial charge < -0.3 is 19.5 Å². The average molecular weight is 348 g/mol. The number of carbonyl (C=O) groups excluding carboxylic acids is 1. The number of piperidine rings is 1. The van der Waals surface area contributed by atoms with Gasteiger partial charge in [0.25, 0.3) is 0 Å². The molecule has 2 fully saturated rings. The smallest absolute Gasteiger partial charge is 0.317 e. The number of hydrogen-bond donors (Lipinski definition) is 1. The van der Waals surface area contributed by atoms with Crippen LogP contribution in [0.2, 0.25) is 0 Å². The maximum absolute atomic E-state index is 12.7. The number of urea groups is 1. The molecule has 2 amide bonds. The van der Waals surface area contributed by atoms with Gasteiger partial charge in [-0.3, -0.25) is 0 Å². The maximum Gasteiger partial charge on any atom is 0.317 e. The van der Waals surface area contributed by atoms with E-state index in [0.29, 0.717) is 12.5 Å². The summed E-state index contributed by atoms with van der Waals surface area (Å²) in [5, 5.41) is 3.15. The fourth-order valence-corrected chi connectivity index (χ4v) is 3.85. The number of carbonyl (C=O) groups is 1. The van der Waals surface area contributed by atoms with Crippen LogP contribution in [-0.4, -0.2) is 51.8 Å². The second-order valence-electron chi connectivity index (χ2n) is 8.60. The van der Waals surface area contributed by atoms with E-state index in [9.17, 15) is 4.79 Å². The summed E-state index contributed by atoms with van der Waals surface area (Å²) in [5.74, 6) is 0.346. The molecule has 0 radical (unpaired) electrons. The highest BCUT2D eigenvalue weighted by Crippen LogP contribution is 2.39. The van der Waals surface area contributed by atoms with Gasteiger partial charge in [-0.1, -0.05) is 0 Å². The molecule has 6 nitrogen and oxygen atoms in total. The quantitative estimate of drug-likeness (QED) is 0.909. The van der Waals surface area contributed by atoms with Gasteiger partial charge in [0.2, 0.25) is 0 Å². The summed E-state index contributed by atoms with van der Waals surface area (Å²) in [7, 11) is 0. The molecule has 1 saturated heterocycles. The minimum absolute atomic E-state index is 0.00366. The van der Waals surface area contributed by atoms with Crippen LogP contribution in [0.1, 0.15) is 65.5 Å². The minimum atomic E-state index is -0.176. The Bertz CT molecular complexity index is 621. The van der Waals surface area contributed by atoms with Crippen molar-refractivity contribution in [2.45, 2.75) is 77.0 Å². The third-order valence-corrected chi connectivity index (χ3v) is 5.47. The molecule has 2 aliphatic rings. The van der Waals surface area contributed by atoms with Crippen molar-refractivity contribution < 1.29 is 9.53 Å². The second kappa shape index (κ2) is 6.63. The standard InChI is InChI=1S/C19H32N4O2/c1-6-25-19(5)10-16(19)21-17(24)22-9-7-8-14(12-22)15-11-20-13-23(15)18(2,3)4/h11,13-14,16H,6-10,12H2,1-5H3,(H,21,24)/t14?,16-,19+/m1/s1. The fourth-order valence-electron chi connectivity index (χ4n) is 3.85. The molecule has 1 aliphatic heterocycles. The second-order valence-corrected chi connectivity index (χ2v) is 8.60. The van der Waals surface area contributed by atoms with Crippen LogP contribution in [0.25, 0.3) is 0 Å². The summed E-state index contributed by atoms with van der Waals surface area (Å²) >= 11 is 0. The van der Waals surface area contributed by atoms with Crippen LogP contribution in [0.3, 0.4) is 0 Å². The number of rotatable bonds is 4. The summed E-state index contributed by atoms with van der Waals surface area (Å²) in [4.78, 5) is 19.0. The van der Waals surface area contributed by atoms with E-state index in [2.05, 4.69) is 42.6 Å². The lowest BCUT2D eigenvalue weighted by molar-refractivity contribution is 0.0484. The topological polar surface area (TPSA) is 59.4 Å². The minimum Gasteiger partial charge on any atom is -0.373 e. The number of hydrogen-bond acceptors (Lipinski definition) is 3. The Morgan fingerprint density at radius 3 is 2.92 bits per heavy atom. The van der Waals surface area contributed by atoms with Crippen LogP contribution >= 0.6 is 0 Å². The highest BCUT2D eigenvalue weighted by molar-refractivity contribution is 5.75. The first-order valence-electron chi connectivity index (χ1n) is 9.46. The third-order valence-electron chi connectivity index (χ3n) is 5.47. The van der Waals surface area contributed by atoms with Gasteiger partial charge in [-0.05, 0) is 47.5 Å². The molecular formula is C19H32N4O2. The summed E-state index contributed by atoms with van der Waals surface area (Å²) in [6, 6.07) is 0.181. The molecule has 3 rings (SSSR count). The zero-order valence-electron chi connectivity index (χ0n) is 16.2. The van der Waals surface area contributed by atoms with Crippen LogP contribution in [0.15, 0.2) is 12.5 Å². The molecule has 6 heteroatoms. The van der Waals surface area contributed by atoms with E-state index in [1.165, 1.54) is 5.69 Å². The molecule has 0 aromatic carbocycles. The van der Waals surface area contributed by atoms with Gasteiger partial charge in [0.05, 0.1) is 18.0 Å². The van der Waals surface area contributed by atoms with E-state index in [1.807, 2.05) is 24.3 Å². The van der Waals surface area contributed by atoms with Crippen molar-refractivity contribution in [3.05, 3.63) is 18.2 Å². The lowest BCUT2D eigenvalue weighted by atomic mass is 9.94. The van der Waals surface area contributed by atoms with Gasteiger partial charge in [-0.25, -0.2) is 9.78 Å². The normalized spacial score (nSPS) is 29.6. The van der Waals surface area contributed by atoms with Crippen LogP contribution in [-0.2, 0) is 10.3 Å². The van der Waals surface area contributed by atoms with Gasteiger partial charge in [-0.15, -0.1) is 0 Å². The molecule has 0 bridgehead atoms. The Morgan fingerprint density at radius 2 is 2.24 bits per heavy atom. The summed E-state index contributed by atoms with van der Waals surface area (Å²) < 4.78 is 7.97. The van der Waals surface area contributed by atoms with Crippen LogP contribution < -0.4 is 5.32 Å². The van der Waals surface area contributed by atoms with Crippen molar-refractivity contribution in [1.82, 2.24) is 19.8 Å². The number of nitrogens with zero attached hydrogens (tertiary/aromatic N) is 3. The number of likely N-dealkylation sites (tertiary alicyclic amines) is 1. The first kappa shape index (κ1) is 18.2. The Morgan fingerprint density at radius 1 is 1.48 bits per heavy atom. The number of imidazole rings is 1. The van der Waals surface area contributed by atoms with Crippen molar-refractivity contribution in [2.75, 3.05) is 19.7 Å². The lowest BCUT2D eigenvalue weighted by Gasteiger charge is -2.35. The van der Waals surface area contributed by atoms with E-state index in [4.69, 9.17) is 4.74 Å². The van der Waals surface area contributed by atoms with Gasteiger partial charge >= 0.3 is 6.03 Å². The molecule has 1 aromatic rings. The predicted octanol–water partition coefficient (Wildman–Crippen LogP) is 3.09. The fraction of sp³-hybridized carbons (Fsp3) is 0.789. The third kappa shape index (κ3) is 3.84. The van der Waals surface area contributed by atoms with E-state index in [0.717, 1.165) is 32.4 Å². The van der Waals surface area contributed by atoms with Crippen molar-refractivity contribution in [1.29, 1.82) is 0 Å². The number of aromatic nitrogens is 2. The summed E-state index contributed by atoms with van der Waals surface area (Å²) in [6.07, 6.45) is 6.91. The molecule has 3 atom stereocenters. The Kier molecular flexibility index (Phi) is 4.84. The predicted molar refractivity (Wildman–Crippen MR) is 97.7 cm³/mol. The molecule has 1 N–H and O–H groups in total. The molecule has 25 heavy (non-hydrogen) atoms. The highest BCUT2D eigenvalue weighted by Gasteiger charge is 2.52. The first-order valence-corrected chi connectivity index (χ1v) is 9.46. The first-order chi connectivity index (χ1) is 11.7. The van der Waals surface area contributed by atoms with Crippen molar-refractivity contribution in [3.8, 4) is 0 Å². The Balaban J connectivity index is 1.62. The highest BCUT2D eigenvalue weighted by atomic mass is 16.5. The Hall–Kier alpha value is -1.56. The molecule has 1 saturated carbocycles. The van der Waals surface area contributed by atoms with Gasteiger partial charge in [0.15, 0.2) is 0 Å². The largest absolute Gasteiger partial charge is 0.373 e. The maximum atomic E-state index is 12.7. The molecular weight excluding hydrogens is 316 g/mol. The molecule has 1 aliphatic carbocycles. The van der Waals surface area contributed by atoms with Gasteiger partial charge in [0.1, 0.15) is 0 Å². The van der Waals surface area contributed by atoms with Gasteiger partial charge in [0, 0.05) is 49.5 Å². The SMILES string of the molecule is CCO[C@@]1(C)C[C@H]1NC(=O)N1CCCC(c2cncn2C(C)(C)C)C1. The summed E-state index contributed by atoms with van der Waals surface area (Å²) in [6.45, 7) is 12.9. The molecule has 0 spiro atoms. The van der Waals surface area contributed by atoms with Crippen LogP contribution in [0.5, 0.6) is 0 Å². The zero-order chi connectivity index (χ0) is 18.2. The van der Waals surface area contributed by atoms with E-state index in [1.54, 1.807) is 0 Å². The zero-order valence-corrected chi connectivity index (χ0v) is 16.2. The molecule has 2 heterocycles. The number of ether oxygens (including phenoxy) is 1. The summed E-state index contributed by atoms with van der Waals surface area (Å²) in [5.41, 5.74) is 1.06. The monoisotopic (exact) mass is 348 g/mol.